The van der Waals surface area contributed by atoms with Crippen LogP contribution < -0.4 is 11.5 Å². The predicted octanol–water partition coefficient (Wildman–Crippen LogP) is -0.0257. The van der Waals surface area contributed by atoms with Gasteiger partial charge in [0.25, 0.3) is 0 Å². The van der Waals surface area contributed by atoms with Crippen LogP contribution in [-0.2, 0) is 16.1 Å². The first-order chi connectivity index (χ1) is 9.02. The molecule has 1 fully saturated rings. The third kappa shape index (κ3) is 2.50. The van der Waals surface area contributed by atoms with Crippen molar-refractivity contribution >= 4 is 17.5 Å². The number of carbonyl (C=O) groups is 2. The van der Waals surface area contributed by atoms with Gasteiger partial charge in [0.2, 0.25) is 11.8 Å². The molecule has 1 saturated heterocycles. The Labute approximate surface area is 110 Å². The average molecular weight is 258 g/mol. The number of primary amides is 1. The molecular formula is C13H14N4O2. The number of nitrogens with zero attached hydrogens (tertiary/aromatic N) is 2. The third-order valence-electron chi connectivity index (χ3n) is 3.27. The van der Waals surface area contributed by atoms with Crippen molar-refractivity contribution in [1.82, 2.24) is 4.90 Å². The molecule has 6 heteroatoms. The number of hydrogen-bond acceptors (Lipinski definition) is 4. The summed E-state index contributed by atoms with van der Waals surface area (Å²) >= 11 is 0. The van der Waals surface area contributed by atoms with Crippen molar-refractivity contribution in [3.05, 3.63) is 29.3 Å². The highest BCUT2D eigenvalue weighted by molar-refractivity contribution is 6.00. The van der Waals surface area contributed by atoms with Gasteiger partial charge in [0.15, 0.2) is 0 Å². The number of amides is 2. The van der Waals surface area contributed by atoms with E-state index in [0.29, 0.717) is 36.3 Å². The van der Waals surface area contributed by atoms with Gasteiger partial charge in [-0.25, -0.2) is 0 Å². The topological polar surface area (TPSA) is 113 Å². The Kier molecular flexibility index (Phi) is 3.38. The molecule has 98 valence electrons. The van der Waals surface area contributed by atoms with Gasteiger partial charge < -0.3 is 16.4 Å². The standard InChI is InChI=1S/C13H14N4O2/c14-6-8-1-2-11(15)9(5-8)7-17-4-3-10(12(16)18)13(17)19/h1-2,5,10H,3-4,7,15H2,(H2,16,18). The molecule has 1 aliphatic rings. The number of hydrogen-bond donors (Lipinski definition) is 2. The van der Waals surface area contributed by atoms with Crippen LogP contribution in [0.5, 0.6) is 0 Å². The van der Waals surface area contributed by atoms with Crippen molar-refractivity contribution < 1.29 is 9.59 Å². The van der Waals surface area contributed by atoms with Crippen molar-refractivity contribution in [3.8, 4) is 6.07 Å². The molecule has 1 heterocycles. The zero-order valence-electron chi connectivity index (χ0n) is 10.3. The lowest BCUT2D eigenvalue weighted by atomic mass is 10.1. The number of nitriles is 1. The van der Waals surface area contributed by atoms with Gasteiger partial charge in [0.05, 0.1) is 11.6 Å². The maximum atomic E-state index is 11.9. The summed E-state index contributed by atoms with van der Waals surface area (Å²) in [6, 6.07) is 6.94. The Morgan fingerprint density at radius 2 is 2.26 bits per heavy atom. The Morgan fingerprint density at radius 1 is 1.53 bits per heavy atom. The summed E-state index contributed by atoms with van der Waals surface area (Å²) in [4.78, 5) is 24.6. The van der Waals surface area contributed by atoms with E-state index in [0.717, 1.165) is 0 Å². The van der Waals surface area contributed by atoms with E-state index in [1.807, 2.05) is 6.07 Å². The molecule has 1 atom stereocenters. The summed E-state index contributed by atoms with van der Waals surface area (Å²) < 4.78 is 0. The highest BCUT2D eigenvalue weighted by Gasteiger charge is 2.35. The highest BCUT2D eigenvalue weighted by atomic mass is 16.2. The van der Waals surface area contributed by atoms with Crippen molar-refractivity contribution in [2.24, 2.45) is 11.7 Å². The molecule has 0 bridgehead atoms. The molecule has 1 aromatic carbocycles. The summed E-state index contributed by atoms with van der Waals surface area (Å²) in [6.07, 6.45) is 0.437. The molecule has 1 aliphatic heterocycles. The van der Waals surface area contributed by atoms with Gasteiger partial charge in [-0.15, -0.1) is 0 Å². The highest BCUT2D eigenvalue weighted by Crippen LogP contribution is 2.23. The van der Waals surface area contributed by atoms with Crippen LogP contribution in [0.3, 0.4) is 0 Å². The Morgan fingerprint density at radius 3 is 2.84 bits per heavy atom. The number of anilines is 1. The van der Waals surface area contributed by atoms with Crippen LogP contribution in [0, 0.1) is 17.2 Å². The number of carbonyl (C=O) groups excluding carboxylic acids is 2. The first-order valence-electron chi connectivity index (χ1n) is 5.89. The molecule has 0 aromatic heterocycles. The fraction of sp³-hybridized carbons (Fsp3) is 0.308. The second-order valence-electron chi connectivity index (χ2n) is 4.53. The SMILES string of the molecule is N#Cc1ccc(N)c(CN2CCC(C(N)=O)C2=O)c1. The Bertz CT molecular complexity index is 576. The van der Waals surface area contributed by atoms with Crippen molar-refractivity contribution in [2.75, 3.05) is 12.3 Å². The minimum Gasteiger partial charge on any atom is -0.398 e. The number of benzene rings is 1. The summed E-state index contributed by atoms with van der Waals surface area (Å²) in [5, 5.41) is 8.85. The van der Waals surface area contributed by atoms with Crippen LogP contribution in [0.2, 0.25) is 0 Å². The van der Waals surface area contributed by atoms with Gasteiger partial charge in [-0.3, -0.25) is 9.59 Å². The lowest BCUT2D eigenvalue weighted by Crippen LogP contribution is -2.33. The molecule has 0 saturated carbocycles. The minimum absolute atomic E-state index is 0.269. The lowest BCUT2D eigenvalue weighted by molar-refractivity contribution is -0.136. The summed E-state index contributed by atoms with van der Waals surface area (Å²) in [7, 11) is 0. The largest absolute Gasteiger partial charge is 0.398 e. The maximum absolute atomic E-state index is 11.9. The van der Waals surface area contributed by atoms with E-state index in [1.165, 1.54) is 0 Å². The molecule has 0 aliphatic carbocycles. The van der Waals surface area contributed by atoms with E-state index in [9.17, 15) is 9.59 Å². The molecule has 4 N–H and O–H groups in total. The number of nitrogen functional groups attached to an aromatic ring is 1. The smallest absolute Gasteiger partial charge is 0.235 e. The van der Waals surface area contributed by atoms with Crippen LogP contribution in [0.4, 0.5) is 5.69 Å². The van der Waals surface area contributed by atoms with E-state index < -0.39 is 11.8 Å². The van der Waals surface area contributed by atoms with Gasteiger partial charge in [-0.1, -0.05) is 0 Å². The van der Waals surface area contributed by atoms with Gasteiger partial charge in [0.1, 0.15) is 5.92 Å². The van der Waals surface area contributed by atoms with Gasteiger partial charge in [0, 0.05) is 18.8 Å². The van der Waals surface area contributed by atoms with Crippen molar-refractivity contribution in [2.45, 2.75) is 13.0 Å². The first kappa shape index (κ1) is 12.9. The molecule has 2 amide bonds. The fourth-order valence-corrected chi connectivity index (χ4v) is 2.18. The van der Waals surface area contributed by atoms with Crippen molar-refractivity contribution in [3.63, 3.8) is 0 Å². The van der Waals surface area contributed by atoms with Crippen LogP contribution in [-0.4, -0.2) is 23.3 Å². The quantitative estimate of drug-likeness (QED) is 0.585. The zero-order valence-corrected chi connectivity index (χ0v) is 10.3. The monoisotopic (exact) mass is 258 g/mol. The van der Waals surface area contributed by atoms with Gasteiger partial charge in [-0.2, -0.15) is 5.26 Å². The summed E-state index contributed by atoms with van der Waals surface area (Å²) in [5.74, 6) is -1.60. The van der Waals surface area contributed by atoms with E-state index in [-0.39, 0.29) is 5.91 Å². The molecule has 0 radical (unpaired) electrons. The van der Waals surface area contributed by atoms with Crippen LogP contribution in [0.1, 0.15) is 17.5 Å². The second kappa shape index (κ2) is 4.98. The van der Waals surface area contributed by atoms with Crippen LogP contribution in [0.15, 0.2) is 18.2 Å². The maximum Gasteiger partial charge on any atom is 0.235 e. The van der Waals surface area contributed by atoms with E-state index in [1.54, 1.807) is 23.1 Å². The Balaban J connectivity index is 2.17. The lowest BCUT2D eigenvalue weighted by Gasteiger charge is -2.17. The molecule has 6 nitrogen and oxygen atoms in total. The van der Waals surface area contributed by atoms with E-state index in [2.05, 4.69) is 0 Å². The third-order valence-corrected chi connectivity index (χ3v) is 3.27. The zero-order chi connectivity index (χ0) is 14.0. The van der Waals surface area contributed by atoms with Gasteiger partial charge in [-0.05, 0) is 30.2 Å². The summed E-state index contributed by atoms with van der Waals surface area (Å²) in [6.45, 7) is 0.770. The molecule has 19 heavy (non-hydrogen) atoms. The van der Waals surface area contributed by atoms with Crippen molar-refractivity contribution in [1.29, 1.82) is 5.26 Å². The second-order valence-corrected chi connectivity index (χ2v) is 4.53. The Hall–Kier alpha value is -2.55. The molecule has 0 spiro atoms. The van der Waals surface area contributed by atoms with Crippen LogP contribution >= 0.6 is 0 Å². The fourth-order valence-electron chi connectivity index (χ4n) is 2.18. The normalized spacial score (nSPS) is 18.4. The van der Waals surface area contributed by atoms with E-state index in [4.69, 9.17) is 16.7 Å². The number of nitrogens with two attached hydrogens (primary N) is 2. The molecule has 2 rings (SSSR count). The summed E-state index contributed by atoms with van der Waals surface area (Å²) in [5.41, 5.74) is 12.7. The molecule has 1 unspecified atom stereocenters. The van der Waals surface area contributed by atoms with E-state index >= 15 is 0 Å². The minimum atomic E-state index is -0.736. The number of likely N-dealkylation sites (tertiary alicyclic amines) is 1. The van der Waals surface area contributed by atoms with Crippen LogP contribution in [0.25, 0.3) is 0 Å². The van der Waals surface area contributed by atoms with Gasteiger partial charge >= 0.3 is 0 Å². The first-order valence-corrected chi connectivity index (χ1v) is 5.89. The molecule has 1 aromatic rings. The predicted molar refractivity (Wildman–Crippen MR) is 68.3 cm³/mol. The molecular weight excluding hydrogens is 244 g/mol. The average Bonchev–Trinajstić information content (AvgIpc) is 2.74. The number of rotatable bonds is 3.